The van der Waals surface area contributed by atoms with Gasteiger partial charge >= 0.3 is 0 Å². The summed E-state index contributed by atoms with van der Waals surface area (Å²) in [5.41, 5.74) is 1.01. The number of guanidine groups is 1. The number of aromatic nitrogens is 2. The van der Waals surface area contributed by atoms with Crippen molar-refractivity contribution in [1.29, 1.82) is 0 Å². The number of halogens is 2. The monoisotopic (exact) mass is 421 g/mol. The number of hydrogen-bond donors (Lipinski definition) is 2. The molecule has 0 bridgehead atoms. The van der Waals surface area contributed by atoms with Crippen LogP contribution in [0.25, 0.3) is 0 Å². The number of nitrogens with one attached hydrogen (secondary N) is 2. The molecular weight excluding hydrogens is 405 g/mol. The highest BCUT2D eigenvalue weighted by Crippen LogP contribution is 2.14. The molecule has 0 fully saturated rings. The molecule has 2 N–H and O–H groups in total. The molecule has 0 aliphatic heterocycles. The summed E-state index contributed by atoms with van der Waals surface area (Å²) in [6, 6.07) is 7.67. The van der Waals surface area contributed by atoms with E-state index < -0.39 is 0 Å². The van der Waals surface area contributed by atoms with Gasteiger partial charge in [0.15, 0.2) is 11.8 Å². The van der Waals surface area contributed by atoms with Gasteiger partial charge in [-0.1, -0.05) is 35.0 Å². The molecule has 2 rings (SSSR count). The molecule has 1 aromatic carbocycles. The maximum atomic E-state index is 6.09. The Morgan fingerprint density at radius 3 is 2.62 bits per heavy atom. The van der Waals surface area contributed by atoms with Crippen molar-refractivity contribution in [3.05, 3.63) is 46.6 Å². The summed E-state index contributed by atoms with van der Waals surface area (Å²) in [4.78, 5) is 8.22. The maximum Gasteiger partial charge on any atom is 0.223 e. The van der Waals surface area contributed by atoms with Crippen molar-refractivity contribution in [1.82, 2.24) is 20.8 Å². The zero-order valence-electron chi connectivity index (χ0n) is 11.8. The first-order chi connectivity index (χ1) is 9.69. The molecule has 1 heterocycles. The molecular formula is C13H17ClIN5O. The topological polar surface area (TPSA) is 75.3 Å². The maximum absolute atomic E-state index is 6.09. The highest BCUT2D eigenvalue weighted by molar-refractivity contribution is 14.0. The average Bonchev–Trinajstić information content (AvgIpc) is 2.86. The number of hydrogen-bond acceptors (Lipinski definition) is 4. The van der Waals surface area contributed by atoms with Gasteiger partial charge in [0, 0.05) is 25.5 Å². The summed E-state index contributed by atoms with van der Waals surface area (Å²) in [6.45, 7) is 2.78. The normalized spacial score (nSPS) is 10.9. The quantitative estimate of drug-likeness (QED) is 0.451. The third-order valence-electron chi connectivity index (χ3n) is 2.61. The lowest BCUT2D eigenvalue weighted by Gasteiger charge is -2.11. The third kappa shape index (κ3) is 5.50. The van der Waals surface area contributed by atoms with Gasteiger partial charge in [-0.05, 0) is 11.6 Å². The molecule has 1 aromatic heterocycles. The number of nitrogens with zero attached hydrogens (tertiary/aromatic N) is 3. The van der Waals surface area contributed by atoms with Gasteiger partial charge < -0.3 is 15.2 Å². The highest BCUT2D eigenvalue weighted by Gasteiger charge is 2.04. The highest BCUT2D eigenvalue weighted by atomic mass is 127. The van der Waals surface area contributed by atoms with Gasteiger partial charge in [-0.25, -0.2) is 0 Å². The summed E-state index contributed by atoms with van der Waals surface area (Å²) < 4.78 is 4.90. The summed E-state index contributed by atoms with van der Waals surface area (Å²) >= 11 is 6.09. The summed E-state index contributed by atoms with van der Waals surface area (Å²) in [5.74, 6) is 1.77. The lowest BCUT2D eigenvalue weighted by molar-refractivity contribution is 0.387. The Hall–Kier alpha value is -1.35. The Labute approximate surface area is 145 Å². The molecule has 6 nitrogen and oxygen atoms in total. The largest absolute Gasteiger partial charge is 0.352 e. The Morgan fingerprint density at radius 1 is 1.29 bits per heavy atom. The Balaban J connectivity index is 0.00000220. The van der Waals surface area contributed by atoms with Crippen LogP contribution in [0, 0.1) is 6.92 Å². The van der Waals surface area contributed by atoms with Crippen molar-refractivity contribution >= 4 is 41.5 Å². The molecule has 21 heavy (non-hydrogen) atoms. The predicted octanol–water partition coefficient (Wildman–Crippen LogP) is 2.51. The summed E-state index contributed by atoms with van der Waals surface area (Å²) in [5, 5.41) is 10.8. The van der Waals surface area contributed by atoms with Gasteiger partial charge in [-0.2, -0.15) is 4.98 Å². The van der Waals surface area contributed by atoms with Crippen LogP contribution in [0.15, 0.2) is 33.8 Å². The molecule has 0 aliphatic rings. The van der Waals surface area contributed by atoms with Gasteiger partial charge in [0.2, 0.25) is 5.89 Å². The molecule has 0 unspecified atom stereocenters. The van der Waals surface area contributed by atoms with Crippen LogP contribution in [0.5, 0.6) is 0 Å². The minimum Gasteiger partial charge on any atom is -0.352 e. The third-order valence-corrected chi connectivity index (χ3v) is 2.98. The van der Waals surface area contributed by atoms with E-state index in [2.05, 4.69) is 25.8 Å². The van der Waals surface area contributed by atoms with Crippen molar-refractivity contribution in [3.8, 4) is 0 Å². The van der Waals surface area contributed by atoms with Crippen molar-refractivity contribution in [2.75, 3.05) is 7.05 Å². The first-order valence-corrected chi connectivity index (χ1v) is 6.54. The average molecular weight is 422 g/mol. The van der Waals surface area contributed by atoms with E-state index in [1.54, 1.807) is 14.0 Å². The van der Waals surface area contributed by atoms with Gasteiger partial charge in [-0.15, -0.1) is 24.0 Å². The molecule has 0 atom stereocenters. The van der Waals surface area contributed by atoms with E-state index in [1.807, 2.05) is 24.3 Å². The fraction of sp³-hybridized carbons (Fsp3) is 0.308. The minimum atomic E-state index is 0. The fourth-order valence-electron chi connectivity index (χ4n) is 1.62. The first-order valence-electron chi connectivity index (χ1n) is 6.16. The van der Waals surface area contributed by atoms with E-state index in [0.717, 1.165) is 10.6 Å². The van der Waals surface area contributed by atoms with E-state index in [-0.39, 0.29) is 24.0 Å². The zero-order valence-corrected chi connectivity index (χ0v) is 14.8. The van der Waals surface area contributed by atoms with Gasteiger partial charge in [0.25, 0.3) is 0 Å². The SMILES string of the molecule is CN=C(NCc1noc(C)n1)NCc1ccccc1Cl.I. The van der Waals surface area contributed by atoms with Crippen molar-refractivity contribution in [2.45, 2.75) is 20.0 Å². The van der Waals surface area contributed by atoms with E-state index in [4.69, 9.17) is 16.1 Å². The van der Waals surface area contributed by atoms with Crippen LogP contribution in [-0.2, 0) is 13.1 Å². The van der Waals surface area contributed by atoms with Crippen LogP contribution in [-0.4, -0.2) is 23.1 Å². The zero-order chi connectivity index (χ0) is 14.4. The number of rotatable bonds is 4. The predicted molar refractivity (Wildman–Crippen MR) is 92.9 cm³/mol. The van der Waals surface area contributed by atoms with Crippen molar-refractivity contribution < 1.29 is 4.52 Å². The Kier molecular flexibility index (Phi) is 7.44. The number of aliphatic imine (C=N–C) groups is 1. The molecule has 0 saturated heterocycles. The molecule has 8 heteroatoms. The van der Waals surface area contributed by atoms with E-state index in [1.165, 1.54) is 0 Å². The van der Waals surface area contributed by atoms with E-state index in [9.17, 15) is 0 Å². The second-order valence-electron chi connectivity index (χ2n) is 4.10. The molecule has 0 spiro atoms. The van der Waals surface area contributed by atoms with Crippen molar-refractivity contribution in [3.63, 3.8) is 0 Å². The number of benzene rings is 1. The second-order valence-corrected chi connectivity index (χ2v) is 4.51. The van der Waals surface area contributed by atoms with Crippen LogP contribution in [0.3, 0.4) is 0 Å². The fourth-order valence-corrected chi connectivity index (χ4v) is 1.82. The standard InChI is InChI=1S/C13H16ClN5O.HI/c1-9-18-12(19-20-9)8-17-13(15-2)16-7-10-5-3-4-6-11(10)14;/h3-6H,7-8H2,1-2H3,(H2,15,16,17);1H. The Bertz CT molecular complexity index is 602. The lowest BCUT2D eigenvalue weighted by Crippen LogP contribution is -2.36. The van der Waals surface area contributed by atoms with Crippen LogP contribution in [0.4, 0.5) is 0 Å². The smallest absolute Gasteiger partial charge is 0.223 e. The second kappa shape index (κ2) is 8.83. The van der Waals surface area contributed by atoms with E-state index >= 15 is 0 Å². The van der Waals surface area contributed by atoms with E-state index in [0.29, 0.717) is 30.8 Å². The Morgan fingerprint density at radius 2 is 2.00 bits per heavy atom. The first kappa shape index (κ1) is 17.7. The molecule has 0 saturated carbocycles. The van der Waals surface area contributed by atoms with Crippen LogP contribution < -0.4 is 10.6 Å². The van der Waals surface area contributed by atoms with Gasteiger partial charge in [-0.3, -0.25) is 4.99 Å². The van der Waals surface area contributed by atoms with Crippen LogP contribution >= 0.6 is 35.6 Å². The summed E-state index contributed by atoms with van der Waals surface area (Å²) in [7, 11) is 1.70. The summed E-state index contributed by atoms with van der Waals surface area (Å²) in [6.07, 6.45) is 0. The van der Waals surface area contributed by atoms with Crippen molar-refractivity contribution in [2.24, 2.45) is 4.99 Å². The van der Waals surface area contributed by atoms with Gasteiger partial charge in [0.05, 0.1) is 6.54 Å². The molecule has 0 amide bonds. The molecule has 2 aromatic rings. The number of aryl methyl sites for hydroxylation is 1. The molecule has 114 valence electrons. The molecule has 0 radical (unpaired) electrons. The van der Waals surface area contributed by atoms with Crippen LogP contribution in [0.2, 0.25) is 5.02 Å². The lowest BCUT2D eigenvalue weighted by atomic mass is 10.2. The van der Waals surface area contributed by atoms with Gasteiger partial charge in [0.1, 0.15) is 0 Å². The molecule has 0 aliphatic carbocycles. The van der Waals surface area contributed by atoms with Crippen LogP contribution in [0.1, 0.15) is 17.3 Å². The minimum absolute atomic E-state index is 0.